The molecular weight excluding hydrogens is 208 g/mol. The first-order valence-electron chi connectivity index (χ1n) is 5.75. The fraction of sp³-hybridized carbons (Fsp3) is 0.538. The van der Waals surface area contributed by atoms with Gasteiger partial charge in [-0.3, -0.25) is 0 Å². The maximum Gasteiger partial charge on any atom is 0.159 e. The molecule has 0 amide bonds. The topological polar surface area (TPSA) is 26.0 Å². The predicted octanol–water partition coefficient (Wildman–Crippen LogP) is 3.79. The summed E-state index contributed by atoms with van der Waals surface area (Å²) in [7, 11) is 0. The molecule has 2 N–H and O–H groups in total. The molecule has 0 saturated heterocycles. The van der Waals surface area contributed by atoms with Crippen molar-refractivity contribution in [3.63, 3.8) is 0 Å². The third-order valence-corrected chi connectivity index (χ3v) is 2.81. The summed E-state index contributed by atoms with van der Waals surface area (Å²) >= 11 is 0. The van der Waals surface area contributed by atoms with Gasteiger partial charge in [-0.1, -0.05) is 32.8 Å². The summed E-state index contributed by atoms with van der Waals surface area (Å²) in [4.78, 5) is 0. The smallest absolute Gasteiger partial charge is 0.159 e. The van der Waals surface area contributed by atoms with Crippen LogP contribution in [0.4, 0.5) is 8.78 Å². The van der Waals surface area contributed by atoms with E-state index in [1.165, 1.54) is 6.07 Å². The molecule has 2 atom stereocenters. The van der Waals surface area contributed by atoms with Crippen molar-refractivity contribution >= 4 is 0 Å². The van der Waals surface area contributed by atoms with Gasteiger partial charge in [-0.2, -0.15) is 0 Å². The van der Waals surface area contributed by atoms with Crippen LogP contribution in [0.5, 0.6) is 0 Å². The summed E-state index contributed by atoms with van der Waals surface area (Å²) < 4.78 is 25.7. The quantitative estimate of drug-likeness (QED) is 0.813. The molecule has 0 saturated carbocycles. The highest BCUT2D eigenvalue weighted by Gasteiger charge is 2.12. The van der Waals surface area contributed by atoms with Crippen LogP contribution < -0.4 is 5.73 Å². The molecule has 0 aliphatic carbocycles. The Morgan fingerprint density at radius 2 is 1.94 bits per heavy atom. The molecule has 0 spiro atoms. The van der Waals surface area contributed by atoms with E-state index in [9.17, 15) is 8.78 Å². The Morgan fingerprint density at radius 1 is 1.25 bits per heavy atom. The fourth-order valence-corrected chi connectivity index (χ4v) is 1.92. The van der Waals surface area contributed by atoms with Crippen molar-refractivity contribution in [1.82, 2.24) is 0 Å². The Morgan fingerprint density at radius 3 is 2.50 bits per heavy atom. The zero-order valence-electron chi connectivity index (χ0n) is 9.84. The minimum Gasteiger partial charge on any atom is -0.324 e. The molecule has 0 fully saturated rings. The van der Waals surface area contributed by atoms with E-state index in [4.69, 9.17) is 5.73 Å². The van der Waals surface area contributed by atoms with Gasteiger partial charge in [0.1, 0.15) is 0 Å². The third kappa shape index (κ3) is 3.56. The van der Waals surface area contributed by atoms with Gasteiger partial charge in [0.2, 0.25) is 0 Å². The molecule has 0 radical (unpaired) electrons. The van der Waals surface area contributed by atoms with Gasteiger partial charge in [0.05, 0.1) is 0 Å². The van der Waals surface area contributed by atoms with E-state index in [1.54, 1.807) is 6.07 Å². The zero-order valence-corrected chi connectivity index (χ0v) is 9.84. The summed E-state index contributed by atoms with van der Waals surface area (Å²) in [5.41, 5.74) is 6.62. The first-order valence-corrected chi connectivity index (χ1v) is 5.75. The van der Waals surface area contributed by atoms with Crippen LogP contribution in [-0.4, -0.2) is 0 Å². The number of benzene rings is 1. The Balaban J connectivity index is 2.65. The maximum atomic E-state index is 13.0. The van der Waals surface area contributed by atoms with E-state index in [2.05, 4.69) is 13.8 Å². The molecule has 1 aromatic rings. The van der Waals surface area contributed by atoms with Gasteiger partial charge in [-0.15, -0.1) is 0 Å². The van der Waals surface area contributed by atoms with Crippen molar-refractivity contribution < 1.29 is 8.78 Å². The van der Waals surface area contributed by atoms with Crippen LogP contribution in [0.15, 0.2) is 18.2 Å². The van der Waals surface area contributed by atoms with E-state index in [0.29, 0.717) is 11.5 Å². The summed E-state index contributed by atoms with van der Waals surface area (Å²) in [6, 6.07) is 3.67. The van der Waals surface area contributed by atoms with E-state index in [0.717, 1.165) is 25.3 Å². The lowest BCUT2D eigenvalue weighted by Crippen LogP contribution is -2.14. The largest absolute Gasteiger partial charge is 0.324 e. The number of halogens is 2. The van der Waals surface area contributed by atoms with Crippen molar-refractivity contribution in [2.24, 2.45) is 11.7 Å². The van der Waals surface area contributed by atoms with Gasteiger partial charge in [0, 0.05) is 6.04 Å². The Hall–Kier alpha value is -0.960. The number of rotatable bonds is 5. The second kappa shape index (κ2) is 5.94. The fourth-order valence-electron chi connectivity index (χ4n) is 1.92. The van der Waals surface area contributed by atoms with Crippen LogP contribution in [0.2, 0.25) is 0 Å². The van der Waals surface area contributed by atoms with Crippen molar-refractivity contribution in [1.29, 1.82) is 0 Å². The second-order valence-corrected chi connectivity index (χ2v) is 4.41. The molecule has 16 heavy (non-hydrogen) atoms. The molecule has 2 unspecified atom stereocenters. The minimum atomic E-state index is -0.823. The van der Waals surface area contributed by atoms with Crippen molar-refractivity contribution in [2.75, 3.05) is 0 Å². The molecule has 1 aromatic carbocycles. The van der Waals surface area contributed by atoms with Crippen LogP contribution in [0.25, 0.3) is 0 Å². The first-order chi connectivity index (χ1) is 7.54. The second-order valence-electron chi connectivity index (χ2n) is 4.41. The van der Waals surface area contributed by atoms with Crippen LogP contribution >= 0.6 is 0 Å². The summed E-state index contributed by atoms with van der Waals surface area (Å²) in [5.74, 6) is -1.14. The zero-order chi connectivity index (χ0) is 12.1. The minimum absolute atomic E-state index is 0.211. The third-order valence-electron chi connectivity index (χ3n) is 2.81. The molecule has 0 bridgehead atoms. The van der Waals surface area contributed by atoms with Crippen LogP contribution in [0, 0.1) is 17.6 Å². The SMILES string of the molecule is CCCC(C)CC(N)c1ccc(F)c(F)c1. The highest BCUT2D eigenvalue weighted by atomic mass is 19.2. The van der Waals surface area contributed by atoms with E-state index >= 15 is 0 Å². The molecule has 0 aliphatic heterocycles. The number of hydrogen-bond donors (Lipinski definition) is 1. The Labute approximate surface area is 95.7 Å². The normalized spacial score (nSPS) is 14.8. The molecule has 0 aromatic heterocycles. The summed E-state index contributed by atoms with van der Waals surface area (Å²) in [6.45, 7) is 4.25. The van der Waals surface area contributed by atoms with Gasteiger partial charge in [0.25, 0.3) is 0 Å². The molecule has 1 rings (SSSR count). The standard InChI is InChI=1S/C13H19F2N/c1-3-4-9(2)7-13(16)10-5-6-11(14)12(15)8-10/h5-6,8-9,13H,3-4,7,16H2,1-2H3. The van der Waals surface area contributed by atoms with Gasteiger partial charge < -0.3 is 5.73 Å². The predicted molar refractivity (Wildman–Crippen MR) is 62.0 cm³/mol. The lowest BCUT2D eigenvalue weighted by Gasteiger charge is -2.17. The van der Waals surface area contributed by atoms with Gasteiger partial charge in [0.15, 0.2) is 11.6 Å². The van der Waals surface area contributed by atoms with E-state index in [1.807, 2.05) is 0 Å². The highest BCUT2D eigenvalue weighted by molar-refractivity contribution is 5.20. The lowest BCUT2D eigenvalue weighted by atomic mass is 9.93. The van der Waals surface area contributed by atoms with Crippen LogP contribution in [0.1, 0.15) is 44.7 Å². The van der Waals surface area contributed by atoms with E-state index < -0.39 is 11.6 Å². The average molecular weight is 227 g/mol. The van der Waals surface area contributed by atoms with Crippen LogP contribution in [-0.2, 0) is 0 Å². The molecular formula is C13H19F2N. The Kier molecular flexibility index (Phi) is 4.87. The average Bonchev–Trinajstić information content (AvgIpc) is 2.22. The monoisotopic (exact) mass is 227 g/mol. The van der Waals surface area contributed by atoms with Crippen molar-refractivity contribution in [3.05, 3.63) is 35.4 Å². The molecule has 1 nitrogen and oxygen atoms in total. The van der Waals surface area contributed by atoms with Crippen LogP contribution in [0.3, 0.4) is 0 Å². The lowest BCUT2D eigenvalue weighted by molar-refractivity contribution is 0.437. The first kappa shape index (κ1) is 13.1. The van der Waals surface area contributed by atoms with Gasteiger partial charge in [-0.05, 0) is 30.0 Å². The molecule has 0 heterocycles. The molecule has 3 heteroatoms. The van der Waals surface area contributed by atoms with E-state index in [-0.39, 0.29) is 6.04 Å². The van der Waals surface area contributed by atoms with Gasteiger partial charge in [-0.25, -0.2) is 8.78 Å². The highest BCUT2D eigenvalue weighted by Crippen LogP contribution is 2.22. The maximum absolute atomic E-state index is 13.0. The molecule has 0 aliphatic rings. The summed E-state index contributed by atoms with van der Waals surface area (Å²) in [6.07, 6.45) is 3.03. The van der Waals surface area contributed by atoms with Crippen molar-refractivity contribution in [2.45, 2.75) is 39.2 Å². The Bertz CT molecular complexity index is 339. The molecule has 90 valence electrons. The number of nitrogens with two attached hydrogens (primary N) is 1. The van der Waals surface area contributed by atoms with Crippen molar-refractivity contribution in [3.8, 4) is 0 Å². The van der Waals surface area contributed by atoms with Gasteiger partial charge >= 0.3 is 0 Å². The summed E-state index contributed by atoms with van der Waals surface area (Å²) in [5, 5.41) is 0. The number of hydrogen-bond acceptors (Lipinski definition) is 1.